The first-order chi connectivity index (χ1) is 15.0. The number of phenolic OH excluding ortho intramolecular Hbond substituents is 1. The van der Waals surface area contributed by atoms with Gasteiger partial charge in [0.05, 0.1) is 11.7 Å². The minimum absolute atomic E-state index is 0.0240. The molecule has 3 aliphatic heterocycles. The highest BCUT2D eigenvalue weighted by molar-refractivity contribution is 5.88. The number of alkyl halides is 1. The second-order valence-corrected chi connectivity index (χ2v) is 8.93. The maximum atomic E-state index is 15.1. The number of aromatic nitrogens is 2. The molecule has 0 aliphatic carbocycles. The van der Waals surface area contributed by atoms with Crippen LogP contribution in [-0.4, -0.2) is 46.1 Å². The lowest BCUT2D eigenvalue weighted by Gasteiger charge is -2.39. The van der Waals surface area contributed by atoms with E-state index in [1.54, 1.807) is 6.07 Å². The van der Waals surface area contributed by atoms with Crippen molar-refractivity contribution in [3.05, 3.63) is 45.8 Å². The highest BCUT2D eigenvalue weighted by Crippen LogP contribution is 2.39. The predicted octanol–water partition coefficient (Wildman–Crippen LogP) is 2.86. The summed E-state index contributed by atoms with van der Waals surface area (Å²) < 4.78 is 20.3. The van der Waals surface area contributed by atoms with E-state index >= 15 is 4.39 Å². The third-order valence-electron chi connectivity index (χ3n) is 7.04. The van der Waals surface area contributed by atoms with Crippen LogP contribution in [0.25, 0.3) is 22.2 Å². The number of fused-ring (bicyclic) bond motifs is 4. The van der Waals surface area contributed by atoms with Crippen LogP contribution in [0.5, 0.6) is 5.75 Å². The van der Waals surface area contributed by atoms with Crippen LogP contribution in [-0.2, 0) is 6.42 Å². The number of hydrogen-bond acceptors (Lipinski definition) is 7. The first-order valence-electron chi connectivity index (χ1n) is 10.8. The van der Waals surface area contributed by atoms with Crippen molar-refractivity contribution in [1.29, 1.82) is 0 Å². The first kappa shape index (κ1) is 18.7. The highest BCUT2D eigenvalue weighted by Gasteiger charge is 2.46. The molecule has 2 fully saturated rings. The number of anilines is 1. The van der Waals surface area contributed by atoms with Crippen LogP contribution < -0.4 is 15.8 Å². The molecule has 5 heterocycles. The summed E-state index contributed by atoms with van der Waals surface area (Å²) in [4.78, 5) is 13.7. The van der Waals surface area contributed by atoms with E-state index in [1.165, 1.54) is 12.1 Å². The van der Waals surface area contributed by atoms with Crippen molar-refractivity contribution in [1.82, 2.24) is 15.5 Å². The Morgan fingerprint density at radius 2 is 2.10 bits per heavy atom. The van der Waals surface area contributed by atoms with Crippen molar-refractivity contribution >= 4 is 16.8 Å². The van der Waals surface area contributed by atoms with Gasteiger partial charge in [-0.25, -0.2) is 9.18 Å². The molecule has 1 aromatic carbocycles. The fourth-order valence-electron chi connectivity index (χ4n) is 5.49. The van der Waals surface area contributed by atoms with Crippen molar-refractivity contribution in [2.24, 2.45) is 0 Å². The van der Waals surface area contributed by atoms with Crippen LogP contribution in [0.15, 0.2) is 33.5 Å². The predicted molar refractivity (Wildman–Crippen MR) is 114 cm³/mol. The number of piperidine rings is 1. The standard InChI is InChI=1S/C23H23FN4O3/c1-11-6-21(30)31-20-10-19(29)15(9-14(11)20)17-7-12-4-5-28(23(12)27-26-17)18-8-13-2-3-16(25-13)22(18)24/h6-7,9-10,13,16,18,22,25,29H,2-5,8H2,1H3/t13?,16?,18?,22-/m0/s1. The monoisotopic (exact) mass is 422 g/mol. The van der Waals surface area contributed by atoms with Crippen molar-refractivity contribution in [2.45, 2.75) is 56.9 Å². The molecule has 6 rings (SSSR count). The number of phenols is 1. The van der Waals surface area contributed by atoms with Gasteiger partial charge in [-0.2, -0.15) is 0 Å². The number of halogens is 1. The minimum Gasteiger partial charge on any atom is -0.507 e. The van der Waals surface area contributed by atoms with Gasteiger partial charge in [0.2, 0.25) is 0 Å². The van der Waals surface area contributed by atoms with E-state index in [0.29, 0.717) is 22.9 Å². The zero-order chi connectivity index (χ0) is 21.3. The van der Waals surface area contributed by atoms with Gasteiger partial charge in [-0.3, -0.25) is 0 Å². The quantitative estimate of drug-likeness (QED) is 0.614. The SMILES string of the molecule is Cc1cc(=O)oc2cc(O)c(-c3cc4c(nn3)N(C3CC5CCC(N5)[C@@H]3F)CC4)cc12. The third-order valence-corrected chi connectivity index (χ3v) is 7.04. The van der Waals surface area contributed by atoms with Gasteiger partial charge < -0.3 is 19.7 Å². The summed E-state index contributed by atoms with van der Waals surface area (Å²) in [6.07, 6.45) is 2.58. The number of hydrogen-bond donors (Lipinski definition) is 2. The lowest BCUT2D eigenvalue weighted by molar-refractivity contribution is 0.174. The van der Waals surface area contributed by atoms with Crippen LogP contribution in [0, 0.1) is 6.92 Å². The van der Waals surface area contributed by atoms with Gasteiger partial charge in [-0.1, -0.05) is 0 Å². The van der Waals surface area contributed by atoms with Gasteiger partial charge in [0.1, 0.15) is 17.5 Å². The Morgan fingerprint density at radius 3 is 2.97 bits per heavy atom. The molecule has 7 nitrogen and oxygen atoms in total. The average Bonchev–Trinajstić information content (AvgIpc) is 3.34. The first-order valence-corrected chi connectivity index (χ1v) is 10.8. The molecule has 2 aromatic heterocycles. The Kier molecular flexibility index (Phi) is 4.08. The van der Waals surface area contributed by atoms with Crippen LogP contribution in [0.3, 0.4) is 0 Å². The molecule has 0 saturated carbocycles. The zero-order valence-electron chi connectivity index (χ0n) is 17.1. The number of aryl methyl sites for hydroxylation is 1. The molecule has 31 heavy (non-hydrogen) atoms. The smallest absolute Gasteiger partial charge is 0.336 e. The molecule has 0 radical (unpaired) electrons. The number of nitrogens with zero attached hydrogens (tertiary/aromatic N) is 3. The average molecular weight is 422 g/mol. The number of aromatic hydroxyl groups is 1. The van der Waals surface area contributed by atoms with E-state index < -0.39 is 11.8 Å². The van der Waals surface area contributed by atoms with E-state index in [-0.39, 0.29) is 17.8 Å². The second kappa shape index (κ2) is 6.75. The largest absolute Gasteiger partial charge is 0.507 e. The molecule has 8 heteroatoms. The molecule has 0 spiro atoms. The summed E-state index contributed by atoms with van der Waals surface area (Å²) in [6, 6.07) is 6.73. The van der Waals surface area contributed by atoms with Crippen molar-refractivity contribution in [3.8, 4) is 17.0 Å². The number of benzene rings is 1. The molecule has 4 atom stereocenters. The fourth-order valence-corrected chi connectivity index (χ4v) is 5.49. The van der Waals surface area contributed by atoms with Gasteiger partial charge >= 0.3 is 5.63 Å². The maximum Gasteiger partial charge on any atom is 0.336 e. The zero-order valence-corrected chi connectivity index (χ0v) is 17.1. The fraction of sp³-hybridized carbons (Fsp3) is 0.435. The molecule has 3 aliphatic rings. The number of rotatable bonds is 2. The molecule has 2 saturated heterocycles. The van der Waals surface area contributed by atoms with Gasteiger partial charge in [-0.05, 0) is 50.3 Å². The van der Waals surface area contributed by atoms with Gasteiger partial charge in [0.15, 0.2) is 5.82 Å². The third kappa shape index (κ3) is 2.92. The molecular weight excluding hydrogens is 399 g/mol. The van der Waals surface area contributed by atoms with Crippen LogP contribution in [0.2, 0.25) is 0 Å². The van der Waals surface area contributed by atoms with Gasteiger partial charge in [0, 0.05) is 47.3 Å². The molecule has 2 N–H and O–H groups in total. The Hall–Kier alpha value is -3.00. The van der Waals surface area contributed by atoms with E-state index in [1.807, 2.05) is 13.0 Å². The summed E-state index contributed by atoms with van der Waals surface area (Å²) in [5.41, 5.74) is 2.74. The minimum atomic E-state index is -0.909. The molecule has 2 bridgehead atoms. The topological polar surface area (TPSA) is 91.5 Å². The highest BCUT2D eigenvalue weighted by atomic mass is 19.1. The lowest BCUT2D eigenvalue weighted by atomic mass is 9.96. The summed E-state index contributed by atoms with van der Waals surface area (Å²) in [6.45, 7) is 2.55. The molecule has 0 amide bonds. The summed E-state index contributed by atoms with van der Waals surface area (Å²) in [7, 11) is 0. The van der Waals surface area contributed by atoms with E-state index in [2.05, 4.69) is 20.4 Å². The molecular formula is C23H23FN4O3. The Bertz CT molecular complexity index is 1260. The summed E-state index contributed by atoms with van der Waals surface area (Å²) >= 11 is 0. The van der Waals surface area contributed by atoms with Gasteiger partial charge in [0.25, 0.3) is 0 Å². The molecule has 3 unspecified atom stereocenters. The van der Waals surface area contributed by atoms with E-state index in [4.69, 9.17) is 4.42 Å². The van der Waals surface area contributed by atoms with Crippen LogP contribution in [0.1, 0.15) is 30.4 Å². The Labute approximate surface area is 177 Å². The number of nitrogens with one attached hydrogen (secondary N) is 1. The second-order valence-electron chi connectivity index (χ2n) is 8.93. The normalized spacial score (nSPS) is 27.1. The van der Waals surface area contributed by atoms with Crippen molar-refractivity contribution in [2.75, 3.05) is 11.4 Å². The maximum absolute atomic E-state index is 15.1. The van der Waals surface area contributed by atoms with Crippen LogP contribution in [0.4, 0.5) is 10.2 Å². The lowest BCUT2D eigenvalue weighted by Crippen LogP contribution is -2.56. The van der Waals surface area contributed by atoms with E-state index in [0.717, 1.165) is 54.6 Å². The van der Waals surface area contributed by atoms with Gasteiger partial charge in [-0.15, -0.1) is 10.2 Å². The molecule has 3 aromatic rings. The van der Waals surface area contributed by atoms with Crippen molar-refractivity contribution < 1.29 is 13.9 Å². The van der Waals surface area contributed by atoms with E-state index in [9.17, 15) is 9.90 Å². The summed E-state index contributed by atoms with van der Waals surface area (Å²) in [5, 5.41) is 23.5. The Balaban J connectivity index is 1.37. The van der Waals surface area contributed by atoms with Crippen LogP contribution >= 0.6 is 0 Å². The molecule has 160 valence electrons. The Morgan fingerprint density at radius 1 is 1.23 bits per heavy atom. The summed E-state index contributed by atoms with van der Waals surface area (Å²) in [5.74, 6) is 0.726. The van der Waals surface area contributed by atoms with Crippen molar-refractivity contribution in [3.63, 3.8) is 0 Å².